The quantitative estimate of drug-likeness (QED) is 0.553. The van der Waals surface area contributed by atoms with Gasteiger partial charge in [0.05, 0.1) is 19.0 Å². The first-order valence-electron chi connectivity index (χ1n) is 4.91. The lowest BCUT2D eigenvalue weighted by Gasteiger charge is -2.07. The maximum atomic E-state index is 7.04. The fourth-order valence-corrected chi connectivity index (χ4v) is 1.10. The smallest absolute Gasteiger partial charge is 0.123 e. The molecule has 4 nitrogen and oxygen atoms in total. The van der Waals surface area contributed by atoms with Crippen molar-refractivity contribution in [1.29, 1.82) is 5.41 Å². The van der Waals surface area contributed by atoms with Crippen LogP contribution in [0.15, 0.2) is 24.3 Å². The van der Waals surface area contributed by atoms with Gasteiger partial charge in [-0.3, -0.25) is 5.41 Å². The normalized spacial score (nSPS) is 9.67. The van der Waals surface area contributed by atoms with Gasteiger partial charge in [-0.05, 0) is 19.1 Å². The van der Waals surface area contributed by atoms with E-state index in [4.69, 9.17) is 20.6 Å². The zero-order valence-electron chi connectivity index (χ0n) is 8.82. The second kappa shape index (κ2) is 5.90. The van der Waals surface area contributed by atoms with Crippen molar-refractivity contribution in [1.82, 2.24) is 0 Å². The molecule has 1 rings (SSSR count). The van der Waals surface area contributed by atoms with Crippen molar-refractivity contribution >= 4 is 5.84 Å². The molecule has 1 aromatic rings. The van der Waals surface area contributed by atoms with Crippen molar-refractivity contribution in [2.75, 3.05) is 13.2 Å². The Hall–Kier alpha value is -1.71. The van der Waals surface area contributed by atoms with Gasteiger partial charge in [0.25, 0.3) is 0 Å². The van der Waals surface area contributed by atoms with Gasteiger partial charge in [-0.1, -0.05) is 6.07 Å². The molecule has 0 saturated heterocycles. The summed E-state index contributed by atoms with van der Waals surface area (Å²) in [5.41, 5.74) is 5.21. The molecule has 82 valence electrons. The average molecular weight is 208 g/mol. The predicted octanol–water partition coefficient (Wildman–Crippen LogP) is 1.79. The molecule has 4 heteroatoms. The highest BCUT2D eigenvalue weighted by Crippen LogP contribution is 2.19. The van der Waals surface area contributed by atoms with Crippen molar-refractivity contribution < 1.29 is 9.47 Å². The molecule has 0 fully saturated rings. The molecule has 3 N–H and O–H groups in total. The van der Waals surface area contributed by atoms with Crippen LogP contribution in [0.4, 0.5) is 0 Å². The maximum absolute atomic E-state index is 7.04. The van der Waals surface area contributed by atoms with E-state index in [1.165, 1.54) is 0 Å². The van der Waals surface area contributed by atoms with Crippen LogP contribution in [0.3, 0.4) is 0 Å². The van der Waals surface area contributed by atoms with Gasteiger partial charge in [-0.25, -0.2) is 0 Å². The highest BCUT2D eigenvalue weighted by atomic mass is 16.5. The van der Waals surface area contributed by atoms with Gasteiger partial charge in [0.1, 0.15) is 11.5 Å². The van der Waals surface area contributed by atoms with Gasteiger partial charge in [0.15, 0.2) is 0 Å². The van der Waals surface area contributed by atoms with E-state index < -0.39 is 0 Å². The third-order valence-corrected chi connectivity index (χ3v) is 1.76. The van der Waals surface area contributed by atoms with Crippen LogP contribution in [-0.2, 0) is 0 Å². The van der Waals surface area contributed by atoms with Gasteiger partial charge in [-0.2, -0.15) is 0 Å². The van der Waals surface area contributed by atoms with Crippen LogP contribution in [0.2, 0.25) is 0 Å². The maximum Gasteiger partial charge on any atom is 0.123 e. The van der Waals surface area contributed by atoms with E-state index in [1.807, 2.05) is 31.2 Å². The lowest BCUT2D eigenvalue weighted by Crippen LogP contribution is -2.13. The van der Waals surface area contributed by atoms with Crippen LogP contribution in [0.1, 0.15) is 13.3 Å². The first-order valence-corrected chi connectivity index (χ1v) is 4.91. The van der Waals surface area contributed by atoms with Crippen LogP contribution in [0.5, 0.6) is 11.5 Å². The number of nitrogens with one attached hydrogen (secondary N) is 1. The fourth-order valence-electron chi connectivity index (χ4n) is 1.10. The Balaban J connectivity index is 2.46. The third-order valence-electron chi connectivity index (χ3n) is 1.76. The first kappa shape index (κ1) is 11.4. The molecule has 0 radical (unpaired) electrons. The van der Waals surface area contributed by atoms with E-state index >= 15 is 0 Å². The van der Waals surface area contributed by atoms with E-state index in [9.17, 15) is 0 Å². The molecule has 0 aromatic heterocycles. The van der Waals surface area contributed by atoms with Crippen LogP contribution >= 0.6 is 0 Å². The van der Waals surface area contributed by atoms with Crippen LogP contribution in [-0.4, -0.2) is 19.0 Å². The number of benzene rings is 1. The van der Waals surface area contributed by atoms with Gasteiger partial charge in [0.2, 0.25) is 0 Å². The average Bonchev–Trinajstić information content (AvgIpc) is 2.18. The van der Waals surface area contributed by atoms with E-state index in [0.717, 1.165) is 11.5 Å². The zero-order valence-corrected chi connectivity index (χ0v) is 8.82. The molecule has 0 saturated carbocycles. The Morgan fingerprint density at radius 2 is 2.00 bits per heavy atom. The van der Waals surface area contributed by atoms with Crippen LogP contribution in [0.25, 0.3) is 0 Å². The summed E-state index contributed by atoms with van der Waals surface area (Å²) in [7, 11) is 0. The standard InChI is InChI=1S/C11H16N2O2/c1-2-14-9-4-3-5-10(8-9)15-7-6-11(12)13/h3-5,8H,2,6-7H2,1H3,(H3,12,13). The SMILES string of the molecule is CCOc1cccc(OCCC(=N)N)c1. The number of ether oxygens (including phenoxy) is 2. The summed E-state index contributed by atoms with van der Waals surface area (Å²) in [5, 5.41) is 7.04. The summed E-state index contributed by atoms with van der Waals surface area (Å²) < 4.78 is 10.7. The Morgan fingerprint density at radius 3 is 2.60 bits per heavy atom. The molecule has 15 heavy (non-hydrogen) atoms. The minimum absolute atomic E-state index is 0.135. The summed E-state index contributed by atoms with van der Waals surface area (Å²) >= 11 is 0. The lowest BCUT2D eigenvalue weighted by molar-refractivity contribution is 0.317. The minimum atomic E-state index is 0.135. The molecule has 0 aliphatic rings. The van der Waals surface area contributed by atoms with Crippen molar-refractivity contribution in [3.63, 3.8) is 0 Å². The molecule has 0 amide bonds. The summed E-state index contributed by atoms with van der Waals surface area (Å²) in [6, 6.07) is 7.42. The van der Waals surface area contributed by atoms with Crippen LogP contribution in [0, 0.1) is 5.41 Å². The highest BCUT2D eigenvalue weighted by molar-refractivity contribution is 5.76. The van der Waals surface area contributed by atoms with E-state index in [0.29, 0.717) is 19.6 Å². The molecular formula is C11H16N2O2. The molecule has 1 aromatic carbocycles. The van der Waals surface area contributed by atoms with Gasteiger partial charge < -0.3 is 15.2 Å². The summed E-state index contributed by atoms with van der Waals surface area (Å²) in [5.74, 6) is 1.66. The molecule has 0 aliphatic carbocycles. The lowest BCUT2D eigenvalue weighted by atomic mass is 10.3. The van der Waals surface area contributed by atoms with Crippen molar-refractivity contribution in [3.8, 4) is 11.5 Å². The van der Waals surface area contributed by atoms with E-state index in [1.54, 1.807) is 0 Å². The monoisotopic (exact) mass is 208 g/mol. The summed E-state index contributed by atoms with van der Waals surface area (Å²) in [6.07, 6.45) is 0.443. The number of nitrogens with two attached hydrogens (primary N) is 1. The fraction of sp³-hybridized carbons (Fsp3) is 0.364. The Labute approximate surface area is 89.5 Å². The molecule has 0 heterocycles. The molecule has 0 atom stereocenters. The van der Waals surface area contributed by atoms with Gasteiger partial charge >= 0.3 is 0 Å². The Morgan fingerprint density at radius 1 is 1.33 bits per heavy atom. The molecule has 0 spiro atoms. The van der Waals surface area contributed by atoms with E-state index in [2.05, 4.69) is 0 Å². The van der Waals surface area contributed by atoms with Crippen molar-refractivity contribution in [2.24, 2.45) is 5.73 Å². The topological polar surface area (TPSA) is 68.3 Å². The zero-order chi connectivity index (χ0) is 11.1. The molecule has 0 aliphatic heterocycles. The Kier molecular flexibility index (Phi) is 4.47. The Bertz CT molecular complexity index is 326. The summed E-state index contributed by atoms with van der Waals surface area (Å²) in [4.78, 5) is 0. The van der Waals surface area contributed by atoms with Crippen molar-refractivity contribution in [3.05, 3.63) is 24.3 Å². The van der Waals surface area contributed by atoms with Crippen LogP contribution < -0.4 is 15.2 Å². The number of rotatable bonds is 6. The molecular weight excluding hydrogens is 192 g/mol. The second-order valence-corrected chi connectivity index (χ2v) is 3.03. The summed E-state index contributed by atoms with van der Waals surface area (Å²) in [6.45, 7) is 2.99. The number of hydrogen-bond acceptors (Lipinski definition) is 3. The largest absolute Gasteiger partial charge is 0.494 e. The first-order chi connectivity index (χ1) is 7.22. The van der Waals surface area contributed by atoms with Crippen molar-refractivity contribution in [2.45, 2.75) is 13.3 Å². The third kappa shape index (κ3) is 4.35. The van der Waals surface area contributed by atoms with Gasteiger partial charge in [0, 0.05) is 12.5 Å². The number of hydrogen-bond donors (Lipinski definition) is 2. The van der Waals surface area contributed by atoms with Gasteiger partial charge in [-0.15, -0.1) is 0 Å². The molecule has 0 bridgehead atoms. The number of amidine groups is 1. The minimum Gasteiger partial charge on any atom is -0.494 e. The predicted molar refractivity (Wildman–Crippen MR) is 59.6 cm³/mol. The van der Waals surface area contributed by atoms with E-state index in [-0.39, 0.29) is 5.84 Å². The highest BCUT2D eigenvalue weighted by Gasteiger charge is 1.97. The molecule has 0 unspecified atom stereocenters. The second-order valence-electron chi connectivity index (χ2n) is 3.03.